The predicted octanol–water partition coefficient (Wildman–Crippen LogP) is -0.216. The predicted molar refractivity (Wildman–Crippen MR) is 73.6 cm³/mol. The first kappa shape index (κ1) is 17.6. The number of nitrogens with one attached hydrogen (secondary N) is 2. The molecular formula is C13H25N3O3. The van der Waals surface area contributed by atoms with E-state index in [4.69, 9.17) is 0 Å². The normalized spacial score (nSPS) is 12.1. The van der Waals surface area contributed by atoms with Crippen molar-refractivity contribution in [3.05, 3.63) is 0 Å². The molecule has 0 heterocycles. The van der Waals surface area contributed by atoms with Gasteiger partial charge in [0, 0.05) is 32.5 Å². The molecule has 0 fully saturated rings. The third-order valence-corrected chi connectivity index (χ3v) is 2.77. The van der Waals surface area contributed by atoms with E-state index < -0.39 is 6.04 Å². The molecular weight excluding hydrogens is 246 g/mol. The molecule has 0 bridgehead atoms. The van der Waals surface area contributed by atoms with Crippen molar-refractivity contribution in [1.29, 1.82) is 0 Å². The van der Waals surface area contributed by atoms with Crippen LogP contribution < -0.4 is 10.6 Å². The highest BCUT2D eigenvalue weighted by Gasteiger charge is 2.28. The summed E-state index contributed by atoms with van der Waals surface area (Å²) >= 11 is 0. The molecule has 2 N–H and O–H groups in total. The number of nitrogens with zero attached hydrogens (tertiary/aromatic N) is 1. The molecule has 0 saturated heterocycles. The zero-order chi connectivity index (χ0) is 15.0. The summed E-state index contributed by atoms with van der Waals surface area (Å²) in [5.74, 6) is -0.751. The number of ketones is 1. The van der Waals surface area contributed by atoms with E-state index in [1.165, 1.54) is 11.8 Å². The minimum absolute atomic E-state index is 0.0420. The van der Waals surface area contributed by atoms with Crippen molar-refractivity contribution in [3.8, 4) is 0 Å². The molecule has 6 nitrogen and oxygen atoms in total. The van der Waals surface area contributed by atoms with Crippen molar-refractivity contribution in [2.24, 2.45) is 5.92 Å². The van der Waals surface area contributed by atoms with Crippen molar-refractivity contribution >= 4 is 17.6 Å². The number of amides is 2. The van der Waals surface area contributed by atoms with Crippen LogP contribution >= 0.6 is 0 Å². The van der Waals surface area contributed by atoms with Crippen LogP contribution in [-0.2, 0) is 14.4 Å². The topological polar surface area (TPSA) is 78.5 Å². The van der Waals surface area contributed by atoms with Crippen LogP contribution in [0, 0.1) is 5.92 Å². The van der Waals surface area contributed by atoms with Gasteiger partial charge in [-0.2, -0.15) is 0 Å². The van der Waals surface area contributed by atoms with Crippen LogP contribution in [0.25, 0.3) is 0 Å². The van der Waals surface area contributed by atoms with Crippen molar-refractivity contribution in [3.63, 3.8) is 0 Å². The number of Topliss-reactive ketones (excluding diaryl/α,β-unsaturated/α-hetero) is 1. The van der Waals surface area contributed by atoms with Gasteiger partial charge in [0.1, 0.15) is 11.8 Å². The third kappa shape index (κ3) is 6.33. The molecule has 6 heteroatoms. The molecule has 1 atom stereocenters. The van der Waals surface area contributed by atoms with E-state index in [-0.39, 0.29) is 29.9 Å². The van der Waals surface area contributed by atoms with Gasteiger partial charge in [-0.15, -0.1) is 0 Å². The first-order valence-corrected chi connectivity index (χ1v) is 6.49. The second-order valence-corrected chi connectivity index (χ2v) is 4.92. The number of likely N-dealkylation sites (N-methyl/N-ethyl adjacent to an activating group) is 2. The van der Waals surface area contributed by atoms with E-state index >= 15 is 0 Å². The molecule has 0 aromatic rings. The summed E-state index contributed by atoms with van der Waals surface area (Å²) < 4.78 is 0. The first-order valence-electron chi connectivity index (χ1n) is 6.49. The van der Waals surface area contributed by atoms with Gasteiger partial charge >= 0.3 is 0 Å². The lowest BCUT2D eigenvalue weighted by molar-refractivity contribution is -0.142. The Labute approximate surface area is 114 Å². The summed E-state index contributed by atoms with van der Waals surface area (Å²) in [6.07, 6.45) is 0.0420. The molecule has 0 radical (unpaired) electrons. The van der Waals surface area contributed by atoms with Gasteiger partial charge in [0.15, 0.2) is 0 Å². The van der Waals surface area contributed by atoms with Gasteiger partial charge < -0.3 is 15.5 Å². The fourth-order valence-electron chi connectivity index (χ4n) is 1.67. The summed E-state index contributed by atoms with van der Waals surface area (Å²) in [5, 5.41) is 5.63. The minimum atomic E-state index is -0.732. The Balaban J connectivity index is 4.74. The second-order valence-electron chi connectivity index (χ2n) is 4.92. The van der Waals surface area contributed by atoms with Gasteiger partial charge in [-0.05, 0) is 14.0 Å². The molecule has 0 aliphatic rings. The Bertz CT molecular complexity index is 329. The maximum atomic E-state index is 12.0. The van der Waals surface area contributed by atoms with E-state index in [1.54, 1.807) is 27.9 Å². The quantitative estimate of drug-likeness (QED) is 0.599. The Hall–Kier alpha value is -1.43. The zero-order valence-electron chi connectivity index (χ0n) is 12.4. The minimum Gasteiger partial charge on any atom is -0.353 e. The van der Waals surface area contributed by atoms with E-state index in [9.17, 15) is 14.4 Å². The number of hydrogen-bond acceptors (Lipinski definition) is 4. The molecule has 0 aliphatic heterocycles. The van der Waals surface area contributed by atoms with Gasteiger partial charge in [-0.25, -0.2) is 0 Å². The number of hydrogen-bond donors (Lipinski definition) is 2. The molecule has 0 aliphatic carbocycles. The van der Waals surface area contributed by atoms with E-state index in [0.29, 0.717) is 13.1 Å². The number of carbonyl (C=O) groups is 3. The molecule has 19 heavy (non-hydrogen) atoms. The number of carbonyl (C=O) groups excluding carboxylic acids is 3. The Morgan fingerprint density at radius 3 is 2.16 bits per heavy atom. The Morgan fingerprint density at radius 2 is 1.74 bits per heavy atom. The van der Waals surface area contributed by atoms with Crippen molar-refractivity contribution in [1.82, 2.24) is 15.5 Å². The average Bonchev–Trinajstić information content (AvgIpc) is 2.33. The maximum absolute atomic E-state index is 12.0. The largest absolute Gasteiger partial charge is 0.353 e. The highest BCUT2D eigenvalue weighted by Crippen LogP contribution is 2.08. The molecule has 0 aromatic carbocycles. The van der Waals surface area contributed by atoms with Gasteiger partial charge in [0.05, 0.1) is 0 Å². The third-order valence-electron chi connectivity index (χ3n) is 2.77. The SMILES string of the molecule is CNCCNC(=O)C(CC(C)=O)N(C)C(=O)C(C)C. The van der Waals surface area contributed by atoms with Crippen molar-refractivity contribution in [2.45, 2.75) is 33.2 Å². The average molecular weight is 271 g/mol. The van der Waals surface area contributed by atoms with Gasteiger partial charge in [-0.3, -0.25) is 14.4 Å². The first-order chi connectivity index (χ1) is 8.81. The van der Waals surface area contributed by atoms with Crippen molar-refractivity contribution < 1.29 is 14.4 Å². The summed E-state index contributed by atoms with van der Waals surface area (Å²) in [5.41, 5.74) is 0. The van der Waals surface area contributed by atoms with E-state index in [0.717, 1.165) is 0 Å². The highest BCUT2D eigenvalue weighted by atomic mass is 16.2. The lowest BCUT2D eigenvalue weighted by Gasteiger charge is -2.28. The molecule has 110 valence electrons. The molecule has 1 unspecified atom stereocenters. The fourth-order valence-corrected chi connectivity index (χ4v) is 1.67. The molecule has 0 spiro atoms. The lowest BCUT2D eigenvalue weighted by Crippen LogP contribution is -2.50. The molecule has 0 aromatic heterocycles. The van der Waals surface area contributed by atoms with Gasteiger partial charge in [0.2, 0.25) is 11.8 Å². The van der Waals surface area contributed by atoms with Crippen LogP contribution in [0.4, 0.5) is 0 Å². The van der Waals surface area contributed by atoms with E-state index in [1.807, 2.05) is 0 Å². The zero-order valence-corrected chi connectivity index (χ0v) is 12.4. The smallest absolute Gasteiger partial charge is 0.243 e. The second kappa shape index (κ2) is 8.63. The highest BCUT2D eigenvalue weighted by molar-refractivity contribution is 5.92. The van der Waals surface area contributed by atoms with Crippen molar-refractivity contribution in [2.75, 3.05) is 27.2 Å². The lowest BCUT2D eigenvalue weighted by atomic mass is 10.1. The summed E-state index contributed by atoms with van der Waals surface area (Å²) in [6, 6.07) is -0.732. The Kier molecular flexibility index (Phi) is 7.98. The van der Waals surface area contributed by atoms with Crippen LogP contribution in [0.15, 0.2) is 0 Å². The molecule has 0 rings (SSSR count). The Morgan fingerprint density at radius 1 is 1.16 bits per heavy atom. The number of rotatable bonds is 8. The summed E-state index contributed by atoms with van der Waals surface area (Å²) in [4.78, 5) is 36.6. The van der Waals surface area contributed by atoms with Crippen LogP contribution in [0.2, 0.25) is 0 Å². The van der Waals surface area contributed by atoms with Crippen LogP contribution in [0.3, 0.4) is 0 Å². The molecule has 0 saturated carbocycles. The standard InChI is InChI=1S/C13H25N3O3/c1-9(2)13(19)16(5)11(8-10(3)17)12(18)15-7-6-14-4/h9,11,14H,6-8H2,1-5H3,(H,15,18). The summed E-state index contributed by atoms with van der Waals surface area (Å²) in [6.45, 7) is 6.06. The summed E-state index contributed by atoms with van der Waals surface area (Å²) in [7, 11) is 3.35. The molecule has 2 amide bonds. The fraction of sp³-hybridized carbons (Fsp3) is 0.769. The van der Waals surface area contributed by atoms with Crippen LogP contribution in [-0.4, -0.2) is 55.7 Å². The maximum Gasteiger partial charge on any atom is 0.243 e. The van der Waals surface area contributed by atoms with E-state index in [2.05, 4.69) is 10.6 Å². The monoisotopic (exact) mass is 271 g/mol. The van der Waals surface area contributed by atoms with Crippen LogP contribution in [0.1, 0.15) is 27.2 Å². The van der Waals surface area contributed by atoms with Gasteiger partial charge in [0.25, 0.3) is 0 Å². The van der Waals surface area contributed by atoms with Gasteiger partial charge in [-0.1, -0.05) is 13.8 Å². The van der Waals surface area contributed by atoms with Crippen LogP contribution in [0.5, 0.6) is 0 Å².